The van der Waals surface area contributed by atoms with Gasteiger partial charge in [-0.1, -0.05) is 29.8 Å². The quantitative estimate of drug-likeness (QED) is 0.290. The number of hydrogen-bond acceptors (Lipinski definition) is 6. The zero-order chi connectivity index (χ0) is 20.3. The Hall–Kier alpha value is -3.33. The van der Waals surface area contributed by atoms with Gasteiger partial charge in [0.25, 0.3) is 5.69 Å². The van der Waals surface area contributed by atoms with Crippen LogP contribution in [-0.2, 0) is 6.61 Å². The Bertz CT molecular complexity index is 1120. The average Bonchev–Trinajstić information content (AvgIpc) is 3.00. The van der Waals surface area contributed by atoms with Crippen LogP contribution in [0.5, 0.6) is 5.75 Å². The van der Waals surface area contributed by atoms with Crippen molar-refractivity contribution in [2.45, 2.75) is 27.4 Å². The van der Waals surface area contributed by atoms with Crippen LogP contribution >= 0.6 is 12.2 Å². The van der Waals surface area contributed by atoms with Gasteiger partial charge < -0.3 is 4.74 Å². The molecule has 1 heterocycles. The molecule has 3 rings (SSSR count). The van der Waals surface area contributed by atoms with Gasteiger partial charge in [0.15, 0.2) is 5.82 Å². The lowest BCUT2D eigenvalue weighted by Crippen LogP contribution is -2.05. The van der Waals surface area contributed by atoms with Gasteiger partial charge in [-0.25, -0.2) is 5.10 Å². The maximum absolute atomic E-state index is 11.1. The molecule has 0 aliphatic heterocycles. The number of hydrogen-bond donors (Lipinski definition) is 1. The normalized spacial score (nSPS) is 11.1. The van der Waals surface area contributed by atoms with Crippen molar-refractivity contribution in [3.63, 3.8) is 0 Å². The van der Waals surface area contributed by atoms with Crippen molar-refractivity contribution in [2.24, 2.45) is 5.10 Å². The first-order chi connectivity index (χ1) is 13.3. The fraction of sp³-hybridized carbons (Fsp3) is 0.211. The summed E-state index contributed by atoms with van der Waals surface area (Å²) >= 11 is 5.22. The Labute approximate surface area is 166 Å². The summed E-state index contributed by atoms with van der Waals surface area (Å²) in [6, 6.07) is 10.8. The molecule has 0 bridgehead atoms. The monoisotopic (exact) mass is 397 g/mol. The van der Waals surface area contributed by atoms with E-state index in [4.69, 9.17) is 17.0 Å². The zero-order valence-electron chi connectivity index (χ0n) is 15.7. The number of nitro groups is 1. The van der Waals surface area contributed by atoms with Crippen LogP contribution in [0.2, 0.25) is 0 Å². The third-order valence-electron chi connectivity index (χ3n) is 4.16. The highest BCUT2D eigenvalue weighted by atomic mass is 32.1. The summed E-state index contributed by atoms with van der Waals surface area (Å²) < 4.78 is 7.58. The van der Waals surface area contributed by atoms with E-state index < -0.39 is 4.92 Å². The highest BCUT2D eigenvalue weighted by Gasteiger charge is 2.11. The van der Waals surface area contributed by atoms with E-state index in [-0.39, 0.29) is 12.3 Å². The molecule has 1 aromatic heterocycles. The predicted octanol–water partition coefficient (Wildman–Crippen LogP) is 4.24. The van der Waals surface area contributed by atoms with Crippen LogP contribution in [0, 0.1) is 35.7 Å². The minimum atomic E-state index is -0.417. The predicted molar refractivity (Wildman–Crippen MR) is 108 cm³/mol. The first kappa shape index (κ1) is 19.4. The molecule has 0 saturated carbocycles. The first-order valence-electron chi connectivity index (χ1n) is 8.51. The van der Waals surface area contributed by atoms with E-state index in [1.807, 2.05) is 32.0 Å². The molecule has 0 aliphatic carbocycles. The summed E-state index contributed by atoms with van der Waals surface area (Å²) in [5, 5.41) is 22.2. The summed E-state index contributed by atoms with van der Waals surface area (Å²) in [5.41, 5.74) is 3.39. The SMILES string of the molecule is Cc1ccc(OCc2n[nH]c(=S)n2/N=C\c2ccc(C)c([N+](=O)[O-])c2)c(C)c1. The average molecular weight is 397 g/mol. The van der Waals surface area contributed by atoms with Crippen LogP contribution in [0.3, 0.4) is 0 Å². The Morgan fingerprint density at radius 1 is 1.25 bits per heavy atom. The van der Waals surface area contributed by atoms with E-state index in [1.54, 1.807) is 19.1 Å². The molecule has 3 aromatic rings. The minimum absolute atomic E-state index is 0.0399. The summed E-state index contributed by atoms with van der Waals surface area (Å²) in [4.78, 5) is 10.7. The Balaban J connectivity index is 1.81. The van der Waals surface area contributed by atoms with E-state index in [9.17, 15) is 10.1 Å². The van der Waals surface area contributed by atoms with Gasteiger partial charge >= 0.3 is 0 Å². The molecule has 1 N–H and O–H groups in total. The largest absolute Gasteiger partial charge is 0.485 e. The van der Waals surface area contributed by atoms with Crippen molar-refractivity contribution in [1.29, 1.82) is 0 Å². The highest BCUT2D eigenvalue weighted by molar-refractivity contribution is 7.71. The maximum Gasteiger partial charge on any atom is 0.272 e. The van der Waals surface area contributed by atoms with Gasteiger partial charge in [0.1, 0.15) is 12.4 Å². The Morgan fingerprint density at radius 2 is 2.04 bits per heavy atom. The summed E-state index contributed by atoms with van der Waals surface area (Å²) in [7, 11) is 0. The van der Waals surface area contributed by atoms with E-state index in [0.29, 0.717) is 21.7 Å². The minimum Gasteiger partial charge on any atom is -0.485 e. The van der Waals surface area contributed by atoms with Gasteiger partial charge in [-0.15, -0.1) is 0 Å². The lowest BCUT2D eigenvalue weighted by Gasteiger charge is -2.09. The first-order valence-corrected chi connectivity index (χ1v) is 8.91. The molecule has 28 heavy (non-hydrogen) atoms. The molecule has 0 amide bonds. The van der Waals surface area contributed by atoms with Crippen molar-refractivity contribution in [2.75, 3.05) is 0 Å². The van der Waals surface area contributed by atoms with Gasteiger partial charge in [-0.05, 0) is 44.6 Å². The molecule has 0 spiro atoms. The molecular weight excluding hydrogens is 378 g/mol. The fourth-order valence-electron chi connectivity index (χ4n) is 2.67. The zero-order valence-corrected chi connectivity index (χ0v) is 16.5. The fourth-order valence-corrected chi connectivity index (χ4v) is 2.87. The second-order valence-corrected chi connectivity index (χ2v) is 6.75. The number of nitrogens with one attached hydrogen (secondary N) is 1. The number of H-pyrrole nitrogens is 1. The Kier molecular flexibility index (Phi) is 5.65. The number of aromatic amines is 1. The molecule has 144 valence electrons. The molecule has 0 radical (unpaired) electrons. The smallest absolute Gasteiger partial charge is 0.272 e. The Morgan fingerprint density at radius 3 is 2.75 bits per heavy atom. The second-order valence-electron chi connectivity index (χ2n) is 6.36. The molecule has 0 fully saturated rings. The molecule has 0 atom stereocenters. The molecule has 8 nitrogen and oxygen atoms in total. The molecule has 2 aromatic carbocycles. The number of benzene rings is 2. The van der Waals surface area contributed by atoms with Crippen LogP contribution in [0.25, 0.3) is 0 Å². The van der Waals surface area contributed by atoms with Gasteiger partial charge in [0.05, 0.1) is 11.1 Å². The third-order valence-corrected chi connectivity index (χ3v) is 4.42. The highest BCUT2D eigenvalue weighted by Crippen LogP contribution is 2.20. The second kappa shape index (κ2) is 8.13. The molecular formula is C19H19N5O3S. The lowest BCUT2D eigenvalue weighted by atomic mass is 10.1. The summed E-state index contributed by atoms with van der Waals surface area (Å²) in [6.45, 7) is 5.85. The number of aromatic nitrogens is 3. The number of aryl methyl sites for hydroxylation is 3. The van der Waals surface area contributed by atoms with Gasteiger partial charge in [-0.2, -0.15) is 14.9 Å². The summed E-state index contributed by atoms with van der Waals surface area (Å²) in [6.07, 6.45) is 1.50. The van der Waals surface area contributed by atoms with Crippen molar-refractivity contribution in [3.8, 4) is 5.75 Å². The number of ether oxygens (including phenoxy) is 1. The van der Waals surface area contributed by atoms with Crippen LogP contribution < -0.4 is 4.74 Å². The van der Waals surface area contributed by atoms with E-state index in [1.165, 1.54) is 17.0 Å². The molecule has 0 aliphatic rings. The number of rotatable bonds is 6. The van der Waals surface area contributed by atoms with Gasteiger partial charge in [0, 0.05) is 17.2 Å². The maximum atomic E-state index is 11.1. The van der Waals surface area contributed by atoms with Crippen molar-refractivity contribution in [3.05, 3.63) is 79.4 Å². The summed E-state index contributed by atoms with van der Waals surface area (Å²) in [5.74, 6) is 1.24. The van der Waals surface area contributed by atoms with E-state index >= 15 is 0 Å². The van der Waals surface area contributed by atoms with Crippen LogP contribution in [-0.4, -0.2) is 26.0 Å². The van der Waals surface area contributed by atoms with Gasteiger partial charge in [0.2, 0.25) is 4.77 Å². The van der Waals surface area contributed by atoms with Crippen molar-refractivity contribution in [1.82, 2.24) is 14.9 Å². The van der Waals surface area contributed by atoms with E-state index in [2.05, 4.69) is 15.3 Å². The van der Waals surface area contributed by atoms with Crippen LogP contribution in [0.1, 0.15) is 28.1 Å². The van der Waals surface area contributed by atoms with Crippen molar-refractivity contribution < 1.29 is 9.66 Å². The third kappa shape index (κ3) is 4.32. The van der Waals surface area contributed by atoms with E-state index in [0.717, 1.165) is 16.9 Å². The molecule has 0 unspecified atom stereocenters. The topological polar surface area (TPSA) is 98.3 Å². The molecule has 9 heteroatoms. The van der Waals surface area contributed by atoms with Crippen LogP contribution in [0.4, 0.5) is 5.69 Å². The number of nitro benzene ring substituents is 1. The van der Waals surface area contributed by atoms with Crippen LogP contribution in [0.15, 0.2) is 41.5 Å². The van der Waals surface area contributed by atoms with Gasteiger partial charge in [-0.3, -0.25) is 10.1 Å². The standard InChI is InChI=1S/C19H19N5O3S/c1-12-4-7-17(14(3)8-12)27-11-18-21-22-19(28)23(18)20-10-15-6-5-13(2)16(9-15)24(25)26/h4-10H,11H2,1-3H3,(H,22,28)/b20-10-. The number of nitrogens with zero attached hydrogens (tertiary/aromatic N) is 4. The van der Waals surface area contributed by atoms with Crippen molar-refractivity contribution >= 4 is 24.1 Å². The molecule has 0 saturated heterocycles. The lowest BCUT2D eigenvalue weighted by molar-refractivity contribution is -0.385.